The van der Waals surface area contributed by atoms with Crippen molar-refractivity contribution in [2.45, 2.75) is 18.9 Å². The fourth-order valence-corrected chi connectivity index (χ4v) is 2.24. The zero-order valence-corrected chi connectivity index (χ0v) is 7.96. The van der Waals surface area contributed by atoms with E-state index in [1.165, 1.54) is 23.8 Å². The maximum Gasteiger partial charge on any atom is 0.137 e. The van der Waals surface area contributed by atoms with Crippen LogP contribution in [0.4, 0.5) is 0 Å². The van der Waals surface area contributed by atoms with Crippen LogP contribution < -0.4 is 5.32 Å². The van der Waals surface area contributed by atoms with Crippen molar-refractivity contribution in [2.24, 2.45) is 0 Å². The molecule has 3 heteroatoms. The number of rotatable bonds is 1. The molecule has 1 fully saturated rings. The lowest BCUT2D eigenvalue weighted by atomic mass is 10.0. The van der Waals surface area contributed by atoms with Gasteiger partial charge in [0.15, 0.2) is 0 Å². The first-order valence-corrected chi connectivity index (χ1v) is 5.10. The monoisotopic (exact) mass is 187 g/mol. The maximum atomic E-state index is 4.29. The third-order valence-corrected chi connectivity index (χ3v) is 2.93. The molecule has 1 atom stereocenters. The van der Waals surface area contributed by atoms with Crippen molar-refractivity contribution < 1.29 is 0 Å². The lowest BCUT2D eigenvalue weighted by Crippen LogP contribution is -2.13. The molecule has 2 N–H and O–H groups in total. The molecule has 1 aliphatic heterocycles. The summed E-state index contributed by atoms with van der Waals surface area (Å²) in [6.07, 6.45) is 6.35. The lowest BCUT2D eigenvalue weighted by molar-refractivity contribution is 0.652. The molecule has 14 heavy (non-hydrogen) atoms. The standard InChI is InChI=1S/C11H13N3/c1-2-10(12-5-1)8-3-6-13-11-9(8)4-7-14-11/h3-4,6-7,10,12H,1-2,5H2,(H,13,14). The Morgan fingerprint density at radius 1 is 1.36 bits per heavy atom. The molecule has 1 unspecified atom stereocenters. The summed E-state index contributed by atoms with van der Waals surface area (Å²) in [6, 6.07) is 4.76. The highest BCUT2D eigenvalue weighted by atomic mass is 14.9. The second kappa shape index (κ2) is 3.10. The third kappa shape index (κ3) is 1.13. The van der Waals surface area contributed by atoms with E-state index in [1.807, 2.05) is 12.4 Å². The average molecular weight is 187 g/mol. The van der Waals surface area contributed by atoms with E-state index >= 15 is 0 Å². The van der Waals surface area contributed by atoms with E-state index in [2.05, 4.69) is 27.4 Å². The van der Waals surface area contributed by atoms with Gasteiger partial charge in [-0.2, -0.15) is 0 Å². The van der Waals surface area contributed by atoms with Gasteiger partial charge in [0.25, 0.3) is 0 Å². The fourth-order valence-electron chi connectivity index (χ4n) is 2.24. The first-order valence-electron chi connectivity index (χ1n) is 5.10. The summed E-state index contributed by atoms with van der Waals surface area (Å²) < 4.78 is 0. The summed E-state index contributed by atoms with van der Waals surface area (Å²) in [4.78, 5) is 7.43. The Balaban J connectivity index is 2.14. The average Bonchev–Trinajstić information content (AvgIpc) is 2.88. The number of H-pyrrole nitrogens is 1. The summed E-state index contributed by atoms with van der Waals surface area (Å²) in [5.74, 6) is 0. The number of fused-ring (bicyclic) bond motifs is 1. The zero-order chi connectivity index (χ0) is 9.38. The Labute approximate surface area is 82.5 Å². The zero-order valence-electron chi connectivity index (χ0n) is 7.96. The number of hydrogen-bond donors (Lipinski definition) is 2. The normalized spacial score (nSPS) is 21.9. The van der Waals surface area contributed by atoms with Crippen molar-refractivity contribution in [3.8, 4) is 0 Å². The predicted molar refractivity (Wildman–Crippen MR) is 56.1 cm³/mol. The van der Waals surface area contributed by atoms with Gasteiger partial charge in [0.2, 0.25) is 0 Å². The number of pyridine rings is 1. The van der Waals surface area contributed by atoms with Gasteiger partial charge in [-0.25, -0.2) is 4.98 Å². The Morgan fingerprint density at radius 2 is 2.36 bits per heavy atom. The first-order chi connectivity index (χ1) is 6.95. The van der Waals surface area contributed by atoms with Crippen molar-refractivity contribution >= 4 is 11.0 Å². The Hall–Kier alpha value is -1.35. The molecule has 1 saturated heterocycles. The molecule has 1 aliphatic rings. The van der Waals surface area contributed by atoms with Crippen LogP contribution in [0.5, 0.6) is 0 Å². The number of aromatic nitrogens is 2. The summed E-state index contributed by atoms with van der Waals surface area (Å²) in [6.45, 7) is 1.14. The molecule has 0 saturated carbocycles. The SMILES string of the molecule is c1cc(C2CCCN2)c2cc[nH]c2n1. The van der Waals surface area contributed by atoms with Crippen LogP contribution in [-0.2, 0) is 0 Å². The van der Waals surface area contributed by atoms with Crippen molar-refractivity contribution in [3.63, 3.8) is 0 Å². The topological polar surface area (TPSA) is 40.7 Å². The predicted octanol–water partition coefficient (Wildman–Crippen LogP) is 1.99. The van der Waals surface area contributed by atoms with Crippen molar-refractivity contribution in [2.75, 3.05) is 6.54 Å². The smallest absolute Gasteiger partial charge is 0.137 e. The van der Waals surface area contributed by atoms with Crippen LogP contribution in [0, 0.1) is 0 Å². The van der Waals surface area contributed by atoms with Crippen LogP contribution in [0.25, 0.3) is 11.0 Å². The van der Waals surface area contributed by atoms with Crippen molar-refractivity contribution in [1.29, 1.82) is 0 Å². The second-order valence-corrected chi connectivity index (χ2v) is 3.79. The molecule has 3 heterocycles. The summed E-state index contributed by atoms with van der Waals surface area (Å²) in [7, 11) is 0. The summed E-state index contributed by atoms with van der Waals surface area (Å²) >= 11 is 0. The molecule has 0 aromatic carbocycles. The Morgan fingerprint density at radius 3 is 3.21 bits per heavy atom. The van der Waals surface area contributed by atoms with E-state index in [4.69, 9.17) is 0 Å². The van der Waals surface area contributed by atoms with Gasteiger partial charge in [0, 0.05) is 23.8 Å². The van der Waals surface area contributed by atoms with Gasteiger partial charge in [-0.3, -0.25) is 0 Å². The van der Waals surface area contributed by atoms with Gasteiger partial charge in [0.1, 0.15) is 5.65 Å². The molecule has 0 amide bonds. The molecule has 72 valence electrons. The summed E-state index contributed by atoms with van der Waals surface area (Å²) in [5.41, 5.74) is 2.38. The van der Waals surface area contributed by atoms with Crippen LogP contribution in [0.15, 0.2) is 24.5 Å². The minimum absolute atomic E-state index is 0.524. The Bertz CT molecular complexity index is 440. The van der Waals surface area contributed by atoms with E-state index in [-0.39, 0.29) is 0 Å². The highest BCUT2D eigenvalue weighted by Crippen LogP contribution is 2.27. The highest BCUT2D eigenvalue weighted by molar-refractivity contribution is 5.79. The van der Waals surface area contributed by atoms with Gasteiger partial charge in [-0.05, 0) is 37.1 Å². The summed E-state index contributed by atoms with van der Waals surface area (Å²) in [5, 5.41) is 4.77. The molecular formula is C11H13N3. The number of nitrogens with one attached hydrogen (secondary N) is 2. The molecular weight excluding hydrogens is 174 g/mol. The van der Waals surface area contributed by atoms with E-state index in [9.17, 15) is 0 Å². The van der Waals surface area contributed by atoms with Gasteiger partial charge in [0.05, 0.1) is 0 Å². The number of nitrogens with zero attached hydrogens (tertiary/aromatic N) is 1. The fraction of sp³-hybridized carbons (Fsp3) is 0.364. The molecule has 0 spiro atoms. The molecule has 0 bridgehead atoms. The number of aromatic amines is 1. The second-order valence-electron chi connectivity index (χ2n) is 3.79. The third-order valence-electron chi connectivity index (χ3n) is 2.93. The van der Waals surface area contributed by atoms with E-state index < -0.39 is 0 Å². The van der Waals surface area contributed by atoms with Crippen LogP contribution >= 0.6 is 0 Å². The maximum absolute atomic E-state index is 4.29. The number of hydrogen-bond acceptors (Lipinski definition) is 2. The van der Waals surface area contributed by atoms with Crippen LogP contribution in [0.2, 0.25) is 0 Å². The minimum atomic E-state index is 0.524. The van der Waals surface area contributed by atoms with Crippen molar-refractivity contribution in [1.82, 2.24) is 15.3 Å². The van der Waals surface area contributed by atoms with Crippen LogP contribution in [0.3, 0.4) is 0 Å². The molecule has 0 aliphatic carbocycles. The van der Waals surface area contributed by atoms with Gasteiger partial charge in [-0.1, -0.05) is 0 Å². The van der Waals surface area contributed by atoms with Gasteiger partial charge in [-0.15, -0.1) is 0 Å². The lowest BCUT2D eigenvalue weighted by Gasteiger charge is -2.10. The van der Waals surface area contributed by atoms with E-state index in [1.54, 1.807) is 0 Å². The van der Waals surface area contributed by atoms with Crippen LogP contribution in [-0.4, -0.2) is 16.5 Å². The largest absolute Gasteiger partial charge is 0.346 e. The molecule has 2 aromatic heterocycles. The molecule has 3 nitrogen and oxygen atoms in total. The van der Waals surface area contributed by atoms with Crippen LogP contribution in [0.1, 0.15) is 24.4 Å². The van der Waals surface area contributed by atoms with Gasteiger partial charge < -0.3 is 10.3 Å². The highest BCUT2D eigenvalue weighted by Gasteiger charge is 2.18. The molecule has 3 rings (SSSR count). The first kappa shape index (κ1) is 8.00. The van der Waals surface area contributed by atoms with E-state index in [0.717, 1.165) is 12.2 Å². The molecule has 2 aromatic rings. The minimum Gasteiger partial charge on any atom is -0.346 e. The van der Waals surface area contributed by atoms with Gasteiger partial charge >= 0.3 is 0 Å². The quantitative estimate of drug-likeness (QED) is 0.716. The van der Waals surface area contributed by atoms with E-state index in [0.29, 0.717) is 6.04 Å². The van der Waals surface area contributed by atoms with Crippen molar-refractivity contribution in [3.05, 3.63) is 30.1 Å². The molecule has 0 radical (unpaired) electrons. The Kier molecular flexibility index (Phi) is 1.77.